The average molecular weight is 275 g/mol. The van der Waals surface area contributed by atoms with Gasteiger partial charge in [-0.15, -0.1) is 0 Å². The van der Waals surface area contributed by atoms with Crippen LogP contribution < -0.4 is 10.1 Å². The zero-order chi connectivity index (χ0) is 13.7. The molecule has 1 aromatic heterocycles. The van der Waals surface area contributed by atoms with E-state index in [0.29, 0.717) is 12.2 Å². The first-order valence-electron chi connectivity index (χ1n) is 6.14. The van der Waals surface area contributed by atoms with Gasteiger partial charge in [0, 0.05) is 6.42 Å². The van der Waals surface area contributed by atoms with Crippen LogP contribution in [0.3, 0.4) is 0 Å². The second-order valence-electron chi connectivity index (χ2n) is 4.38. The number of methoxy groups -OCH3 is 1. The SMILES string of the molecule is COc1ccc(C)cc1NC(=O)CCc1ccsc1. The first-order valence-corrected chi connectivity index (χ1v) is 7.09. The van der Waals surface area contributed by atoms with Gasteiger partial charge in [-0.25, -0.2) is 0 Å². The normalized spacial score (nSPS) is 10.2. The Morgan fingerprint density at radius 3 is 2.89 bits per heavy atom. The summed E-state index contributed by atoms with van der Waals surface area (Å²) in [7, 11) is 1.60. The lowest BCUT2D eigenvalue weighted by atomic mass is 10.1. The summed E-state index contributed by atoms with van der Waals surface area (Å²) in [5, 5.41) is 7.00. The van der Waals surface area contributed by atoms with E-state index in [9.17, 15) is 4.79 Å². The lowest BCUT2D eigenvalue weighted by molar-refractivity contribution is -0.116. The largest absolute Gasteiger partial charge is 0.495 e. The first kappa shape index (κ1) is 13.6. The van der Waals surface area contributed by atoms with E-state index >= 15 is 0 Å². The molecule has 1 heterocycles. The van der Waals surface area contributed by atoms with Crippen molar-refractivity contribution in [3.05, 3.63) is 46.2 Å². The van der Waals surface area contributed by atoms with Crippen LogP contribution in [0, 0.1) is 6.92 Å². The third-order valence-corrected chi connectivity index (χ3v) is 3.58. The summed E-state index contributed by atoms with van der Waals surface area (Å²) in [5.41, 5.74) is 3.03. The molecule has 0 aliphatic heterocycles. The van der Waals surface area contributed by atoms with Crippen molar-refractivity contribution in [2.24, 2.45) is 0 Å². The Kier molecular flexibility index (Phi) is 4.58. The minimum Gasteiger partial charge on any atom is -0.495 e. The number of anilines is 1. The van der Waals surface area contributed by atoms with Crippen LogP contribution in [0.1, 0.15) is 17.5 Å². The minimum absolute atomic E-state index is 0.00935. The number of carbonyl (C=O) groups excluding carboxylic acids is 1. The fourth-order valence-corrected chi connectivity index (χ4v) is 2.53. The summed E-state index contributed by atoms with van der Waals surface area (Å²) < 4.78 is 5.24. The van der Waals surface area contributed by atoms with Gasteiger partial charge in [0.2, 0.25) is 5.91 Å². The molecule has 2 rings (SSSR count). The van der Waals surface area contributed by atoms with Crippen LogP contribution >= 0.6 is 11.3 Å². The summed E-state index contributed by atoms with van der Waals surface area (Å²) in [5.74, 6) is 0.699. The minimum atomic E-state index is 0.00935. The van der Waals surface area contributed by atoms with Crippen LogP contribution in [-0.2, 0) is 11.2 Å². The summed E-state index contributed by atoms with van der Waals surface area (Å²) in [6.45, 7) is 1.99. The molecule has 0 saturated carbocycles. The van der Waals surface area contributed by atoms with Crippen LogP contribution in [-0.4, -0.2) is 13.0 Å². The second kappa shape index (κ2) is 6.38. The molecule has 0 unspecified atom stereocenters. The lowest BCUT2D eigenvalue weighted by Crippen LogP contribution is -2.13. The van der Waals surface area contributed by atoms with Gasteiger partial charge in [-0.1, -0.05) is 6.07 Å². The van der Waals surface area contributed by atoms with Crippen molar-refractivity contribution in [3.63, 3.8) is 0 Å². The topological polar surface area (TPSA) is 38.3 Å². The van der Waals surface area contributed by atoms with Gasteiger partial charge in [0.15, 0.2) is 0 Å². The molecule has 100 valence electrons. The number of thiophene rings is 1. The maximum Gasteiger partial charge on any atom is 0.224 e. The predicted molar refractivity (Wildman–Crippen MR) is 79.0 cm³/mol. The summed E-state index contributed by atoms with van der Waals surface area (Å²) >= 11 is 1.65. The Labute approximate surface area is 117 Å². The highest BCUT2D eigenvalue weighted by Crippen LogP contribution is 2.25. The molecule has 1 N–H and O–H groups in total. The highest BCUT2D eigenvalue weighted by Gasteiger charge is 2.08. The van der Waals surface area contributed by atoms with E-state index in [1.165, 1.54) is 5.56 Å². The maximum absolute atomic E-state index is 11.9. The van der Waals surface area contributed by atoms with E-state index < -0.39 is 0 Å². The standard InChI is InChI=1S/C15H17NO2S/c1-11-3-5-14(18-2)13(9-11)16-15(17)6-4-12-7-8-19-10-12/h3,5,7-10H,4,6H2,1-2H3,(H,16,17). The van der Waals surface area contributed by atoms with Crippen molar-refractivity contribution in [3.8, 4) is 5.75 Å². The number of rotatable bonds is 5. The number of carbonyl (C=O) groups is 1. The highest BCUT2D eigenvalue weighted by molar-refractivity contribution is 7.07. The number of benzene rings is 1. The first-order chi connectivity index (χ1) is 9.19. The molecule has 0 spiro atoms. The monoisotopic (exact) mass is 275 g/mol. The van der Waals surface area contributed by atoms with Crippen molar-refractivity contribution in [1.29, 1.82) is 0 Å². The molecule has 1 aromatic carbocycles. The maximum atomic E-state index is 11.9. The van der Waals surface area contributed by atoms with Gasteiger partial charge in [0.25, 0.3) is 0 Å². The quantitative estimate of drug-likeness (QED) is 0.904. The van der Waals surface area contributed by atoms with Crippen molar-refractivity contribution in [1.82, 2.24) is 0 Å². The van der Waals surface area contributed by atoms with E-state index in [4.69, 9.17) is 4.74 Å². The third kappa shape index (κ3) is 3.83. The van der Waals surface area contributed by atoms with Gasteiger partial charge >= 0.3 is 0 Å². The molecule has 0 aliphatic rings. The number of hydrogen-bond donors (Lipinski definition) is 1. The Morgan fingerprint density at radius 2 is 2.21 bits per heavy atom. The summed E-state index contributed by atoms with van der Waals surface area (Å²) in [4.78, 5) is 11.9. The summed E-state index contributed by atoms with van der Waals surface area (Å²) in [6, 6.07) is 7.79. The fourth-order valence-electron chi connectivity index (χ4n) is 1.82. The second-order valence-corrected chi connectivity index (χ2v) is 5.16. The Morgan fingerprint density at radius 1 is 1.37 bits per heavy atom. The van der Waals surface area contributed by atoms with Crippen LogP contribution in [0.25, 0.3) is 0 Å². The van der Waals surface area contributed by atoms with Crippen LogP contribution in [0.5, 0.6) is 5.75 Å². The van der Waals surface area contributed by atoms with Gasteiger partial charge < -0.3 is 10.1 Å². The van der Waals surface area contributed by atoms with Crippen molar-refractivity contribution in [2.75, 3.05) is 12.4 Å². The third-order valence-electron chi connectivity index (χ3n) is 2.85. The number of aryl methyl sites for hydroxylation is 2. The molecule has 0 radical (unpaired) electrons. The molecular formula is C15H17NO2S. The van der Waals surface area contributed by atoms with E-state index in [2.05, 4.69) is 10.7 Å². The molecule has 1 amide bonds. The Balaban J connectivity index is 1.96. The molecule has 0 atom stereocenters. The molecule has 0 aliphatic carbocycles. The van der Waals surface area contributed by atoms with Gasteiger partial charge in [-0.05, 0) is 53.4 Å². The van der Waals surface area contributed by atoms with Gasteiger partial charge in [0.1, 0.15) is 5.75 Å². The molecule has 19 heavy (non-hydrogen) atoms. The Bertz CT molecular complexity index is 549. The van der Waals surface area contributed by atoms with E-state index in [1.807, 2.05) is 36.6 Å². The van der Waals surface area contributed by atoms with Crippen LogP contribution in [0.2, 0.25) is 0 Å². The molecule has 0 saturated heterocycles. The van der Waals surface area contributed by atoms with Gasteiger partial charge in [-0.2, -0.15) is 11.3 Å². The van der Waals surface area contributed by atoms with Gasteiger partial charge in [0.05, 0.1) is 12.8 Å². The number of nitrogens with one attached hydrogen (secondary N) is 1. The van der Waals surface area contributed by atoms with E-state index in [0.717, 1.165) is 17.7 Å². The molecule has 0 bridgehead atoms. The number of hydrogen-bond acceptors (Lipinski definition) is 3. The highest BCUT2D eigenvalue weighted by atomic mass is 32.1. The lowest BCUT2D eigenvalue weighted by Gasteiger charge is -2.10. The zero-order valence-electron chi connectivity index (χ0n) is 11.1. The fraction of sp³-hybridized carbons (Fsp3) is 0.267. The van der Waals surface area contributed by atoms with E-state index in [1.54, 1.807) is 18.4 Å². The van der Waals surface area contributed by atoms with Crippen LogP contribution in [0.4, 0.5) is 5.69 Å². The molecule has 4 heteroatoms. The Hall–Kier alpha value is -1.81. The molecule has 2 aromatic rings. The van der Waals surface area contributed by atoms with Crippen molar-refractivity contribution >= 4 is 22.9 Å². The van der Waals surface area contributed by atoms with Crippen molar-refractivity contribution < 1.29 is 9.53 Å². The van der Waals surface area contributed by atoms with Crippen LogP contribution in [0.15, 0.2) is 35.0 Å². The number of ether oxygens (including phenoxy) is 1. The van der Waals surface area contributed by atoms with Gasteiger partial charge in [-0.3, -0.25) is 4.79 Å². The van der Waals surface area contributed by atoms with E-state index in [-0.39, 0.29) is 5.91 Å². The smallest absolute Gasteiger partial charge is 0.224 e. The average Bonchev–Trinajstić information content (AvgIpc) is 2.90. The predicted octanol–water partition coefficient (Wildman–Crippen LogP) is 3.64. The zero-order valence-corrected chi connectivity index (χ0v) is 11.9. The number of amides is 1. The summed E-state index contributed by atoms with van der Waals surface area (Å²) in [6.07, 6.45) is 1.25. The molecule has 3 nitrogen and oxygen atoms in total. The van der Waals surface area contributed by atoms with Crippen molar-refractivity contribution in [2.45, 2.75) is 19.8 Å². The molecule has 0 fully saturated rings. The molecular weight excluding hydrogens is 258 g/mol.